The van der Waals surface area contributed by atoms with E-state index in [1.54, 1.807) is 6.07 Å². The van der Waals surface area contributed by atoms with Crippen molar-refractivity contribution in [3.05, 3.63) is 46.8 Å². The molecule has 0 bridgehead atoms. The summed E-state index contributed by atoms with van der Waals surface area (Å²) >= 11 is 0. The van der Waals surface area contributed by atoms with Crippen LogP contribution in [0.4, 0.5) is 0 Å². The Bertz CT molecular complexity index is 654. The fraction of sp³-hybridized carbons (Fsp3) is 0.500. The molecular weight excluding hydrogens is 260 g/mol. The minimum Gasteiger partial charge on any atom is -0.346 e. The van der Waals surface area contributed by atoms with E-state index < -0.39 is 0 Å². The van der Waals surface area contributed by atoms with Crippen molar-refractivity contribution in [2.75, 3.05) is 6.54 Å². The summed E-state index contributed by atoms with van der Waals surface area (Å²) in [5.74, 6) is 0.894. The van der Waals surface area contributed by atoms with Gasteiger partial charge in [-0.15, -0.1) is 0 Å². The van der Waals surface area contributed by atoms with Gasteiger partial charge in [0.2, 0.25) is 0 Å². The highest BCUT2D eigenvalue weighted by atomic mass is 16.1. The van der Waals surface area contributed by atoms with E-state index in [4.69, 9.17) is 0 Å². The minimum atomic E-state index is 0.107. The zero-order valence-electron chi connectivity index (χ0n) is 12.7. The Hall–Kier alpha value is -1.61. The van der Waals surface area contributed by atoms with E-state index in [1.165, 1.54) is 25.7 Å². The Morgan fingerprint density at radius 1 is 1.14 bits per heavy atom. The molecule has 1 heterocycles. The summed E-state index contributed by atoms with van der Waals surface area (Å²) in [6.45, 7) is 4.22. The number of hydrogen-bond donors (Lipinski definition) is 1. The van der Waals surface area contributed by atoms with Gasteiger partial charge in [-0.05, 0) is 43.7 Å². The Kier molecular flexibility index (Phi) is 4.39. The zero-order chi connectivity index (χ0) is 14.7. The molecule has 0 unspecified atom stereocenters. The second-order valence-electron chi connectivity index (χ2n) is 6.30. The molecule has 21 heavy (non-hydrogen) atoms. The lowest BCUT2D eigenvalue weighted by Crippen LogP contribution is -2.34. The van der Waals surface area contributed by atoms with Crippen LogP contribution in [-0.2, 0) is 6.54 Å². The molecule has 3 nitrogen and oxygen atoms in total. The largest absolute Gasteiger partial charge is 0.346 e. The number of benzene rings is 1. The number of nitrogens with one attached hydrogen (secondary N) is 1. The second-order valence-corrected chi connectivity index (χ2v) is 6.30. The Labute approximate surface area is 126 Å². The molecule has 1 aliphatic rings. The molecule has 0 spiro atoms. The van der Waals surface area contributed by atoms with Gasteiger partial charge in [0.05, 0.1) is 5.52 Å². The lowest BCUT2D eigenvalue weighted by atomic mass is 9.87. The van der Waals surface area contributed by atoms with Crippen LogP contribution in [0.25, 0.3) is 10.9 Å². The number of para-hydroxylation sites is 1. The zero-order valence-corrected chi connectivity index (χ0v) is 12.7. The van der Waals surface area contributed by atoms with Crippen LogP contribution in [0.1, 0.15) is 32.6 Å². The number of fused-ring (bicyclic) bond motifs is 1. The van der Waals surface area contributed by atoms with Gasteiger partial charge in [0.1, 0.15) is 0 Å². The quantitative estimate of drug-likeness (QED) is 0.935. The summed E-state index contributed by atoms with van der Waals surface area (Å²) in [7, 11) is 0. The molecule has 0 radical (unpaired) electrons. The maximum Gasteiger partial charge on any atom is 0.189 e. The summed E-state index contributed by atoms with van der Waals surface area (Å²) in [6.07, 6.45) is 7.20. The fourth-order valence-electron chi connectivity index (χ4n) is 3.31. The maximum atomic E-state index is 11.9. The molecular formula is C18H24N2O. The lowest BCUT2D eigenvalue weighted by Gasteiger charge is -2.27. The smallest absolute Gasteiger partial charge is 0.189 e. The van der Waals surface area contributed by atoms with Gasteiger partial charge >= 0.3 is 0 Å². The van der Waals surface area contributed by atoms with Crippen molar-refractivity contribution in [3.8, 4) is 0 Å². The number of aromatic nitrogens is 1. The molecule has 2 aromatic rings. The molecule has 1 aliphatic carbocycles. The first-order chi connectivity index (χ1) is 10.2. The van der Waals surface area contributed by atoms with E-state index in [0.717, 1.165) is 29.9 Å². The first-order valence-corrected chi connectivity index (χ1v) is 8.05. The van der Waals surface area contributed by atoms with Crippen LogP contribution in [0.3, 0.4) is 0 Å². The third-order valence-electron chi connectivity index (χ3n) is 4.69. The molecule has 0 saturated heterocycles. The highest BCUT2D eigenvalue weighted by Gasteiger charge is 2.17. The first-order valence-electron chi connectivity index (χ1n) is 8.05. The molecule has 1 N–H and O–H groups in total. The first kappa shape index (κ1) is 14.3. The van der Waals surface area contributed by atoms with Gasteiger partial charge in [0.15, 0.2) is 5.43 Å². The van der Waals surface area contributed by atoms with Crippen molar-refractivity contribution in [3.63, 3.8) is 0 Å². The minimum absolute atomic E-state index is 0.107. The van der Waals surface area contributed by atoms with Gasteiger partial charge in [-0.3, -0.25) is 4.79 Å². The van der Waals surface area contributed by atoms with Crippen LogP contribution in [0.15, 0.2) is 41.3 Å². The van der Waals surface area contributed by atoms with E-state index in [2.05, 4.69) is 16.8 Å². The monoisotopic (exact) mass is 284 g/mol. The van der Waals surface area contributed by atoms with Gasteiger partial charge in [-0.2, -0.15) is 0 Å². The normalized spacial score (nSPS) is 22.5. The summed E-state index contributed by atoms with van der Waals surface area (Å²) in [5, 5.41) is 4.48. The van der Waals surface area contributed by atoms with Gasteiger partial charge in [-0.25, -0.2) is 0 Å². The summed E-state index contributed by atoms with van der Waals surface area (Å²) in [5.41, 5.74) is 1.14. The van der Waals surface area contributed by atoms with Crippen LogP contribution >= 0.6 is 0 Å². The molecule has 0 atom stereocenters. The molecule has 1 fully saturated rings. The highest BCUT2D eigenvalue weighted by molar-refractivity contribution is 5.78. The van der Waals surface area contributed by atoms with E-state index in [-0.39, 0.29) is 5.43 Å². The van der Waals surface area contributed by atoms with Crippen molar-refractivity contribution >= 4 is 10.9 Å². The molecule has 3 rings (SSSR count). The molecule has 3 heteroatoms. The summed E-state index contributed by atoms with van der Waals surface area (Å²) < 4.78 is 2.18. The van der Waals surface area contributed by atoms with Crippen molar-refractivity contribution in [1.82, 2.24) is 9.88 Å². The van der Waals surface area contributed by atoms with Crippen LogP contribution in [0, 0.1) is 5.92 Å². The predicted octanol–water partition coefficient (Wildman–Crippen LogP) is 3.17. The average molecular weight is 284 g/mol. The average Bonchev–Trinajstić information content (AvgIpc) is 2.52. The Morgan fingerprint density at radius 3 is 2.71 bits per heavy atom. The highest BCUT2D eigenvalue weighted by Crippen LogP contribution is 2.23. The van der Waals surface area contributed by atoms with Crippen molar-refractivity contribution < 1.29 is 0 Å². The second kappa shape index (κ2) is 6.44. The van der Waals surface area contributed by atoms with Crippen molar-refractivity contribution in [2.24, 2.45) is 5.92 Å². The maximum absolute atomic E-state index is 11.9. The van der Waals surface area contributed by atoms with Crippen LogP contribution < -0.4 is 10.7 Å². The van der Waals surface area contributed by atoms with Crippen molar-refractivity contribution in [1.29, 1.82) is 0 Å². The van der Waals surface area contributed by atoms with Crippen molar-refractivity contribution in [2.45, 2.75) is 45.2 Å². The van der Waals surface area contributed by atoms with E-state index in [0.29, 0.717) is 6.04 Å². The van der Waals surface area contributed by atoms with E-state index in [9.17, 15) is 4.79 Å². The lowest BCUT2D eigenvalue weighted by molar-refractivity contribution is 0.305. The van der Waals surface area contributed by atoms with E-state index in [1.807, 2.05) is 30.5 Å². The van der Waals surface area contributed by atoms with Gasteiger partial charge in [0.25, 0.3) is 0 Å². The van der Waals surface area contributed by atoms with Crippen LogP contribution in [0.2, 0.25) is 0 Å². The van der Waals surface area contributed by atoms with Crippen LogP contribution in [-0.4, -0.2) is 17.2 Å². The topological polar surface area (TPSA) is 34.0 Å². The predicted molar refractivity (Wildman–Crippen MR) is 87.6 cm³/mol. The summed E-state index contributed by atoms with van der Waals surface area (Å²) in [4.78, 5) is 11.9. The van der Waals surface area contributed by atoms with Crippen LogP contribution in [0.5, 0.6) is 0 Å². The third kappa shape index (κ3) is 3.35. The van der Waals surface area contributed by atoms with Gasteiger partial charge < -0.3 is 9.88 Å². The number of hydrogen-bond acceptors (Lipinski definition) is 2. The number of nitrogens with zero attached hydrogens (tertiary/aromatic N) is 1. The number of rotatable bonds is 4. The molecule has 112 valence electrons. The van der Waals surface area contributed by atoms with Gasteiger partial charge in [-0.1, -0.05) is 19.1 Å². The molecule has 1 saturated carbocycles. The molecule has 0 amide bonds. The fourth-order valence-corrected chi connectivity index (χ4v) is 3.31. The SMILES string of the molecule is CC1CCC(NCCn2ccc(=O)c3ccccc32)CC1. The molecule has 1 aromatic carbocycles. The third-order valence-corrected chi connectivity index (χ3v) is 4.69. The Morgan fingerprint density at radius 2 is 1.90 bits per heavy atom. The Balaban J connectivity index is 1.63. The van der Waals surface area contributed by atoms with Gasteiger partial charge in [0, 0.05) is 36.8 Å². The molecule has 0 aliphatic heterocycles. The summed E-state index contributed by atoms with van der Waals surface area (Å²) in [6, 6.07) is 10.2. The number of pyridine rings is 1. The standard InChI is InChI=1S/C18H24N2O/c1-14-6-8-15(9-7-14)19-11-13-20-12-10-18(21)16-4-2-3-5-17(16)20/h2-5,10,12,14-15,19H,6-9,11,13H2,1H3. The molecule has 1 aromatic heterocycles. The van der Waals surface area contributed by atoms with E-state index >= 15 is 0 Å².